The van der Waals surface area contributed by atoms with E-state index in [4.69, 9.17) is 4.74 Å². The molecular formula is C17H26F2IN3O2. The van der Waals surface area contributed by atoms with Gasteiger partial charge in [-0.25, -0.2) is 4.99 Å². The van der Waals surface area contributed by atoms with E-state index >= 15 is 0 Å². The topological polar surface area (TPSA) is 54.9 Å². The number of hydrogen-bond donors (Lipinski definition) is 2. The summed E-state index contributed by atoms with van der Waals surface area (Å²) in [4.78, 5) is 4.46. The molecule has 1 atom stereocenters. The van der Waals surface area contributed by atoms with Crippen LogP contribution in [0.2, 0.25) is 0 Å². The van der Waals surface area contributed by atoms with E-state index in [1.807, 2.05) is 6.92 Å². The lowest BCUT2D eigenvalue weighted by molar-refractivity contribution is -0.0504. The SMILES string of the molecule is CCNC(=NCc1ccccc1OC(F)F)NCC1(C)CCCO1.I. The Morgan fingerprint density at radius 2 is 2.12 bits per heavy atom. The van der Waals surface area contributed by atoms with Crippen molar-refractivity contribution in [3.63, 3.8) is 0 Å². The molecule has 1 unspecified atom stereocenters. The Labute approximate surface area is 164 Å². The van der Waals surface area contributed by atoms with Crippen LogP contribution < -0.4 is 15.4 Å². The molecule has 0 aliphatic carbocycles. The second-order valence-corrected chi connectivity index (χ2v) is 5.94. The standard InChI is InChI=1S/C17H25F2N3O2.HI/c1-3-20-16(22-12-17(2)9-6-10-23-17)21-11-13-7-4-5-8-14(13)24-15(18)19;/h4-5,7-8,15H,3,6,9-12H2,1-2H3,(H2,20,21,22);1H. The summed E-state index contributed by atoms with van der Waals surface area (Å²) in [5.41, 5.74) is 0.422. The zero-order valence-corrected chi connectivity index (χ0v) is 16.9. The molecule has 5 nitrogen and oxygen atoms in total. The molecule has 0 aromatic heterocycles. The monoisotopic (exact) mass is 469 g/mol. The van der Waals surface area contributed by atoms with E-state index < -0.39 is 6.61 Å². The maximum absolute atomic E-state index is 12.5. The first-order chi connectivity index (χ1) is 11.5. The van der Waals surface area contributed by atoms with Crippen LogP contribution in [0, 0.1) is 0 Å². The van der Waals surface area contributed by atoms with Crippen molar-refractivity contribution in [3.8, 4) is 5.75 Å². The van der Waals surface area contributed by atoms with Crippen molar-refractivity contribution in [1.29, 1.82) is 0 Å². The quantitative estimate of drug-likeness (QED) is 0.365. The highest BCUT2D eigenvalue weighted by atomic mass is 127. The summed E-state index contributed by atoms with van der Waals surface area (Å²) < 4.78 is 35.2. The van der Waals surface area contributed by atoms with Gasteiger partial charge < -0.3 is 20.1 Å². The van der Waals surface area contributed by atoms with Gasteiger partial charge in [-0.2, -0.15) is 8.78 Å². The smallest absolute Gasteiger partial charge is 0.387 e. The van der Waals surface area contributed by atoms with E-state index in [-0.39, 0.29) is 41.9 Å². The summed E-state index contributed by atoms with van der Waals surface area (Å²) in [5, 5.41) is 6.41. The molecule has 1 aliphatic heterocycles. The molecule has 1 aliphatic rings. The molecule has 1 heterocycles. The van der Waals surface area contributed by atoms with Crippen LogP contribution in [0.1, 0.15) is 32.3 Å². The summed E-state index contributed by atoms with van der Waals surface area (Å²) >= 11 is 0. The lowest BCUT2D eigenvalue weighted by Crippen LogP contribution is -2.45. The molecule has 1 fully saturated rings. The fourth-order valence-corrected chi connectivity index (χ4v) is 2.60. The van der Waals surface area contributed by atoms with Gasteiger partial charge in [-0.15, -0.1) is 24.0 Å². The summed E-state index contributed by atoms with van der Waals surface area (Å²) in [7, 11) is 0. The van der Waals surface area contributed by atoms with Crippen LogP contribution in [0.25, 0.3) is 0 Å². The first-order valence-corrected chi connectivity index (χ1v) is 8.21. The molecule has 0 spiro atoms. The number of hydrogen-bond acceptors (Lipinski definition) is 3. The van der Waals surface area contributed by atoms with Crippen molar-refractivity contribution < 1.29 is 18.3 Å². The number of benzene rings is 1. The molecular weight excluding hydrogens is 443 g/mol. The van der Waals surface area contributed by atoms with Crippen LogP contribution >= 0.6 is 24.0 Å². The fourth-order valence-electron chi connectivity index (χ4n) is 2.60. The third-order valence-electron chi connectivity index (χ3n) is 3.87. The van der Waals surface area contributed by atoms with E-state index in [2.05, 4.69) is 27.3 Å². The number of halogens is 3. The highest BCUT2D eigenvalue weighted by molar-refractivity contribution is 14.0. The number of nitrogens with zero attached hydrogens (tertiary/aromatic N) is 1. The Morgan fingerprint density at radius 3 is 2.76 bits per heavy atom. The first kappa shape index (κ1) is 21.9. The van der Waals surface area contributed by atoms with Crippen molar-refractivity contribution in [1.82, 2.24) is 10.6 Å². The molecule has 142 valence electrons. The van der Waals surface area contributed by atoms with Crippen LogP contribution in [-0.2, 0) is 11.3 Å². The Bertz CT molecular complexity index is 552. The lowest BCUT2D eigenvalue weighted by Gasteiger charge is -2.24. The van der Waals surface area contributed by atoms with Crippen molar-refractivity contribution in [2.45, 2.75) is 45.4 Å². The van der Waals surface area contributed by atoms with Gasteiger partial charge in [0.1, 0.15) is 5.75 Å². The zero-order chi connectivity index (χ0) is 17.4. The molecule has 2 N–H and O–H groups in total. The molecule has 1 aromatic carbocycles. The molecule has 0 amide bonds. The molecule has 8 heteroatoms. The van der Waals surface area contributed by atoms with Gasteiger partial charge in [0.05, 0.1) is 12.1 Å². The number of nitrogens with one attached hydrogen (secondary N) is 2. The third-order valence-corrected chi connectivity index (χ3v) is 3.87. The van der Waals surface area contributed by atoms with Gasteiger partial charge in [0.2, 0.25) is 0 Å². The number of aliphatic imine (C=N–C) groups is 1. The fraction of sp³-hybridized carbons (Fsp3) is 0.588. The number of alkyl halides is 2. The molecule has 1 saturated heterocycles. The molecule has 2 rings (SSSR count). The summed E-state index contributed by atoms with van der Waals surface area (Å²) in [6, 6.07) is 6.68. The molecule has 1 aromatic rings. The van der Waals surface area contributed by atoms with Gasteiger partial charge in [-0.05, 0) is 32.8 Å². The third kappa shape index (κ3) is 7.31. The van der Waals surface area contributed by atoms with Crippen LogP contribution in [0.3, 0.4) is 0 Å². The van der Waals surface area contributed by atoms with Gasteiger partial charge in [0, 0.05) is 25.3 Å². The predicted molar refractivity (Wildman–Crippen MR) is 105 cm³/mol. The van der Waals surface area contributed by atoms with Crippen molar-refractivity contribution >= 4 is 29.9 Å². The zero-order valence-electron chi connectivity index (χ0n) is 14.6. The summed E-state index contributed by atoms with van der Waals surface area (Å²) in [6.45, 7) is 3.58. The number of rotatable bonds is 7. The van der Waals surface area contributed by atoms with E-state index in [1.165, 1.54) is 6.07 Å². The lowest BCUT2D eigenvalue weighted by atomic mass is 10.0. The Hall–Kier alpha value is -1.16. The van der Waals surface area contributed by atoms with E-state index in [0.717, 1.165) is 19.4 Å². The van der Waals surface area contributed by atoms with Crippen molar-refractivity contribution in [2.24, 2.45) is 4.99 Å². The van der Waals surface area contributed by atoms with Gasteiger partial charge in [0.25, 0.3) is 0 Å². The van der Waals surface area contributed by atoms with Crippen LogP contribution in [-0.4, -0.2) is 37.9 Å². The average Bonchev–Trinajstić information content (AvgIpc) is 2.98. The van der Waals surface area contributed by atoms with Crippen molar-refractivity contribution in [2.75, 3.05) is 19.7 Å². The van der Waals surface area contributed by atoms with Crippen LogP contribution in [0.5, 0.6) is 5.75 Å². The Kier molecular flexibility index (Phi) is 9.41. The van der Waals surface area contributed by atoms with Gasteiger partial charge >= 0.3 is 6.61 Å². The average molecular weight is 469 g/mol. The van der Waals surface area contributed by atoms with E-state index in [0.29, 0.717) is 24.6 Å². The number of para-hydroxylation sites is 1. The summed E-state index contributed by atoms with van der Waals surface area (Å²) in [6.07, 6.45) is 2.06. The van der Waals surface area contributed by atoms with Gasteiger partial charge in [0.15, 0.2) is 5.96 Å². The van der Waals surface area contributed by atoms with E-state index in [1.54, 1.807) is 18.2 Å². The predicted octanol–water partition coefficient (Wildman–Crippen LogP) is 3.53. The minimum atomic E-state index is -2.85. The normalized spacial score (nSPS) is 20.3. The maximum atomic E-state index is 12.5. The minimum absolute atomic E-state index is 0. The van der Waals surface area contributed by atoms with Crippen LogP contribution in [0.4, 0.5) is 8.78 Å². The number of ether oxygens (including phenoxy) is 2. The number of guanidine groups is 1. The Balaban J connectivity index is 0.00000312. The minimum Gasteiger partial charge on any atom is -0.434 e. The second kappa shape index (κ2) is 10.7. The van der Waals surface area contributed by atoms with E-state index in [9.17, 15) is 8.78 Å². The second-order valence-electron chi connectivity index (χ2n) is 5.94. The molecule has 0 saturated carbocycles. The Morgan fingerprint density at radius 1 is 1.36 bits per heavy atom. The highest BCUT2D eigenvalue weighted by Crippen LogP contribution is 2.24. The van der Waals surface area contributed by atoms with Gasteiger partial charge in [-0.3, -0.25) is 0 Å². The molecule has 0 radical (unpaired) electrons. The molecule has 25 heavy (non-hydrogen) atoms. The van der Waals surface area contributed by atoms with Crippen LogP contribution in [0.15, 0.2) is 29.3 Å². The maximum Gasteiger partial charge on any atom is 0.387 e. The van der Waals surface area contributed by atoms with Crippen molar-refractivity contribution in [3.05, 3.63) is 29.8 Å². The van der Waals surface area contributed by atoms with Gasteiger partial charge in [-0.1, -0.05) is 18.2 Å². The largest absolute Gasteiger partial charge is 0.434 e. The molecule has 0 bridgehead atoms. The highest BCUT2D eigenvalue weighted by Gasteiger charge is 2.29. The first-order valence-electron chi connectivity index (χ1n) is 8.21. The summed E-state index contributed by atoms with van der Waals surface area (Å²) in [5.74, 6) is 0.777.